The summed E-state index contributed by atoms with van der Waals surface area (Å²) in [5.41, 5.74) is 3.73. The van der Waals surface area contributed by atoms with Gasteiger partial charge in [-0.3, -0.25) is 0 Å². The smallest absolute Gasteiger partial charge is 0.173 e. The number of nitrogens with one attached hydrogen (secondary N) is 1. The third-order valence-corrected chi connectivity index (χ3v) is 5.95. The Balaban J connectivity index is 1.67. The molecule has 3 rings (SSSR count). The molecule has 0 aliphatic heterocycles. The van der Waals surface area contributed by atoms with Crippen molar-refractivity contribution in [3.63, 3.8) is 0 Å². The summed E-state index contributed by atoms with van der Waals surface area (Å²) in [5.74, 6) is 1.41. The first-order valence-electron chi connectivity index (χ1n) is 11.3. The van der Waals surface area contributed by atoms with Crippen LogP contribution in [0.1, 0.15) is 36.6 Å². The van der Waals surface area contributed by atoms with Gasteiger partial charge in [0.1, 0.15) is 11.5 Å². The van der Waals surface area contributed by atoms with E-state index in [1.807, 2.05) is 55.0 Å². The molecule has 7 nitrogen and oxygen atoms in total. The highest BCUT2D eigenvalue weighted by atomic mass is 32.1. The van der Waals surface area contributed by atoms with Crippen LogP contribution in [0.5, 0.6) is 11.5 Å². The molecule has 0 aliphatic carbocycles. The zero-order valence-electron chi connectivity index (χ0n) is 20.0. The fraction of sp³-hybridized carbons (Fsp3) is 0.346. The molecule has 1 N–H and O–H groups in total. The standard InChI is InChI=1S/C26H31N5O2S/c1-4-5-13-30(26(34)29-24-11-10-23(32-2)15-25(24)33-3)14-12-22-17-28-19-31(22)18-21-8-6-20(16-27)7-9-21/h6-11,15,17,19H,4-5,12-14,18H2,1-3H3,(H,29,34). The Morgan fingerprint density at radius 3 is 2.62 bits per heavy atom. The van der Waals surface area contributed by atoms with E-state index in [2.05, 4.69) is 32.8 Å². The van der Waals surface area contributed by atoms with Crippen molar-refractivity contribution >= 4 is 23.0 Å². The summed E-state index contributed by atoms with van der Waals surface area (Å²) in [5, 5.41) is 13.0. The van der Waals surface area contributed by atoms with Crippen molar-refractivity contribution < 1.29 is 9.47 Å². The lowest BCUT2D eigenvalue weighted by Gasteiger charge is -2.26. The summed E-state index contributed by atoms with van der Waals surface area (Å²) in [6, 6.07) is 15.4. The molecule has 0 saturated carbocycles. The number of nitriles is 1. The summed E-state index contributed by atoms with van der Waals surface area (Å²) < 4.78 is 12.9. The number of thiocarbonyl (C=S) groups is 1. The molecule has 0 saturated heterocycles. The van der Waals surface area contributed by atoms with E-state index < -0.39 is 0 Å². The van der Waals surface area contributed by atoms with Gasteiger partial charge in [0.05, 0.1) is 37.9 Å². The normalized spacial score (nSPS) is 10.4. The van der Waals surface area contributed by atoms with Gasteiger partial charge in [-0.1, -0.05) is 25.5 Å². The Hall–Kier alpha value is -3.57. The van der Waals surface area contributed by atoms with Crippen LogP contribution in [-0.4, -0.2) is 46.9 Å². The highest BCUT2D eigenvalue weighted by Gasteiger charge is 2.14. The molecule has 34 heavy (non-hydrogen) atoms. The highest BCUT2D eigenvalue weighted by Crippen LogP contribution is 2.29. The van der Waals surface area contributed by atoms with Crippen molar-refractivity contribution in [2.24, 2.45) is 0 Å². The van der Waals surface area contributed by atoms with Gasteiger partial charge in [-0.05, 0) is 48.5 Å². The van der Waals surface area contributed by atoms with Crippen LogP contribution in [0.25, 0.3) is 0 Å². The van der Waals surface area contributed by atoms with Gasteiger partial charge in [-0.2, -0.15) is 5.26 Å². The number of nitrogens with zero attached hydrogens (tertiary/aromatic N) is 4. The van der Waals surface area contributed by atoms with Crippen molar-refractivity contribution in [1.29, 1.82) is 5.26 Å². The van der Waals surface area contributed by atoms with Gasteiger partial charge < -0.3 is 24.3 Å². The summed E-state index contributed by atoms with van der Waals surface area (Å²) in [7, 11) is 3.26. The molecule has 1 aromatic heterocycles. The second-order valence-electron chi connectivity index (χ2n) is 7.91. The fourth-order valence-corrected chi connectivity index (χ4v) is 3.88. The SMILES string of the molecule is CCCCN(CCc1cncn1Cc1ccc(C#N)cc1)C(=S)Nc1ccc(OC)cc1OC. The number of hydrogen-bond acceptors (Lipinski definition) is 5. The minimum atomic E-state index is 0.662. The Labute approximate surface area is 206 Å². The molecule has 3 aromatic rings. The van der Waals surface area contributed by atoms with Crippen LogP contribution < -0.4 is 14.8 Å². The average Bonchev–Trinajstić information content (AvgIpc) is 3.31. The van der Waals surface area contributed by atoms with E-state index >= 15 is 0 Å². The van der Waals surface area contributed by atoms with Crippen LogP contribution >= 0.6 is 12.2 Å². The van der Waals surface area contributed by atoms with Crippen LogP contribution in [0.2, 0.25) is 0 Å². The molecule has 0 fully saturated rings. The zero-order chi connectivity index (χ0) is 24.3. The molecule has 1 heterocycles. The second kappa shape index (κ2) is 12.6. The van der Waals surface area contributed by atoms with Crippen molar-refractivity contribution in [3.8, 4) is 17.6 Å². The van der Waals surface area contributed by atoms with Crippen LogP contribution in [0.3, 0.4) is 0 Å². The lowest BCUT2D eigenvalue weighted by atomic mass is 10.1. The minimum absolute atomic E-state index is 0.662. The van der Waals surface area contributed by atoms with E-state index in [0.29, 0.717) is 23.0 Å². The number of ether oxygens (including phenoxy) is 2. The summed E-state index contributed by atoms with van der Waals surface area (Å²) in [6.45, 7) is 4.52. The van der Waals surface area contributed by atoms with Gasteiger partial charge in [0, 0.05) is 44.0 Å². The van der Waals surface area contributed by atoms with E-state index in [-0.39, 0.29) is 0 Å². The predicted octanol–water partition coefficient (Wildman–Crippen LogP) is 4.86. The van der Waals surface area contributed by atoms with Gasteiger partial charge in [0.2, 0.25) is 0 Å². The largest absolute Gasteiger partial charge is 0.497 e. The van der Waals surface area contributed by atoms with Crippen LogP contribution in [0.4, 0.5) is 5.69 Å². The lowest BCUT2D eigenvalue weighted by Crippen LogP contribution is -2.37. The summed E-state index contributed by atoms with van der Waals surface area (Å²) >= 11 is 5.78. The number of imidazole rings is 1. The minimum Gasteiger partial charge on any atom is -0.497 e. The Kier molecular flexibility index (Phi) is 9.30. The highest BCUT2D eigenvalue weighted by molar-refractivity contribution is 7.80. The van der Waals surface area contributed by atoms with E-state index in [1.54, 1.807) is 14.2 Å². The van der Waals surface area contributed by atoms with E-state index in [4.69, 9.17) is 27.0 Å². The molecular weight excluding hydrogens is 446 g/mol. The molecular formula is C26H31N5O2S. The van der Waals surface area contributed by atoms with Crippen LogP contribution in [0, 0.1) is 11.3 Å². The Morgan fingerprint density at radius 1 is 1.15 bits per heavy atom. The van der Waals surface area contributed by atoms with Gasteiger partial charge in [-0.15, -0.1) is 0 Å². The van der Waals surface area contributed by atoms with Crippen molar-refractivity contribution in [2.45, 2.75) is 32.7 Å². The molecule has 0 radical (unpaired) electrons. The maximum Gasteiger partial charge on any atom is 0.173 e. The number of unbranched alkanes of at least 4 members (excludes halogenated alkanes) is 1. The van der Waals surface area contributed by atoms with Crippen molar-refractivity contribution in [1.82, 2.24) is 14.5 Å². The van der Waals surface area contributed by atoms with E-state index in [0.717, 1.165) is 55.0 Å². The first kappa shape index (κ1) is 25.1. The maximum absolute atomic E-state index is 9.01. The predicted molar refractivity (Wildman–Crippen MR) is 138 cm³/mol. The first-order valence-corrected chi connectivity index (χ1v) is 11.7. The second-order valence-corrected chi connectivity index (χ2v) is 8.30. The summed E-state index contributed by atoms with van der Waals surface area (Å²) in [4.78, 5) is 6.55. The third-order valence-electron chi connectivity index (χ3n) is 5.59. The number of methoxy groups -OCH3 is 2. The number of benzene rings is 2. The molecule has 178 valence electrons. The topological polar surface area (TPSA) is 75.3 Å². The van der Waals surface area contributed by atoms with Crippen LogP contribution in [-0.2, 0) is 13.0 Å². The van der Waals surface area contributed by atoms with Gasteiger partial charge in [0.25, 0.3) is 0 Å². The van der Waals surface area contributed by atoms with E-state index in [1.165, 1.54) is 0 Å². The zero-order valence-corrected chi connectivity index (χ0v) is 20.8. The molecule has 0 spiro atoms. The Morgan fingerprint density at radius 2 is 1.94 bits per heavy atom. The molecule has 2 aromatic carbocycles. The fourth-order valence-electron chi connectivity index (χ4n) is 3.59. The van der Waals surface area contributed by atoms with Crippen LogP contribution in [0.15, 0.2) is 55.0 Å². The molecule has 0 aliphatic rings. The molecule has 0 amide bonds. The van der Waals surface area contributed by atoms with Crippen molar-refractivity contribution in [2.75, 3.05) is 32.6 Å². The average molecular weight is 478 g/mol. The Bertz CT molecular complexity index is 1120. The van der Waals surface area contributed by atoms with Gasteiger partial charge in [-0.25, -0.2) is 4.98 Å². The number of rotatable bonds is 11. The lowest BCUT2D eigenvalue weighted by molar-refractivity contribution is 0.395. The number of hydrogen-bond donors (Lipinski definition) is 1. The number of aromatic nitrogens is 2. The molecule has 0 unspecified atom stereocenters. The molecule has 8 heteroatoms. The van der Waals surface area contributed by atoms with Gasteiger partial charge in [0.15, 0.2) is 5.11 Å². The molecule has 0 atom stereocenters. The van der Waals surface area contributed by atoms with E-state index in [9.17, 15) is 0 Å². The third kappa shape index (κ3) is 6.72. The summed E-state index contributed by atoms with van der Waals surface area (Å²) in [6.07, 6.45) is 6.70. The first-order chi connectivity index (χ1) is 16.6. The monoisotopic (exact) mass is 477 g/mol. The van der Waals surface area contributed by atoms with Gasteiger partial charge >= 0.3 is 0 Å². The number of anilines is 1. The maximum atomic E-state index is 9.01. The molecule has 0 bridgehead atoms. The quantitative estimate of drug-likeness (QED) is 0.395. The van der Waals surface area contributed by atoms with Crippen molar-refractivity contribution in [3.05, 3.63) is 71.8 Å².